The van der Waals surface area contributed by atoms with Crippen LogP contribution in [-0.2, 0) is 17.9 Å². The predicted molar refractivity (Wildman–Crippen MR) is 107 cm³/mol. The van der Waals surface area contributed by atoms with Crippen molar-refractivity contribution in [3.63, 3.8) is 0 Å². The van der Waals surface area contributed by atoms with Gasteiger partial charge in [0.25, 0.3) is 0 Å². The maximum absolute atomic E-state index is 14.5. The predicted octanol–water partition coefficient (Wildman–Crippen LogP) is 3.18. The standard InChI is InChI=1S/C21H21F2N5O/c1-13-2-5-15(6-3-13)25-21-20(16-10-14(22)4-7-17(16)23)26-18-12-27(19(29)11-24)8-9-28(18)21/h2-7,10,25H,8-9,11-12,24H2,1H3. The molecule has 1 aromatic heterocycles. The molecule has 4 rings (SSSR count). The molecule has 3 N–H and O–H groups in total. The molecule has 3 aromatic rings. The quantitative estimate of drug-likeness (QED) is 0.709. The number of benzene rings is 2. The molecule has 29 heavy (non-hydrogen) atoms. The number of carbonyl (C=O) groups excluding carboxylic acids is 1. The van der Waals surface area contributed by atoms with Crippen molar-refractivity contribution in [2.75, 3.05) is 18.4 Å². The van der Waals surface area contributed by atoms with Crippen molar-refractivity contribution in [1.29, 1.82) is 0 Å². The van der Waals surface area contributed by atoms with Crippen LogP contribution in [0.4, 0.5) is 20.3 Å². The summed E-state index contributed by atoms with van der Waals surface area (Å²) in [6.07, 6.45) is 0. The third-order valence-electron chi connectivity index (χ3n) is 5.00. The van der Waals surface area contributed by atoms with Gasteiger partial charge in [0.1, 0.15) is 29.0 Å². The lowest BCUT2D eigenvalue weighted by molar-refractivity contribution is -0.131. The molecule has 150 valence electrons. The van der Waals surface area contributed by atoms with Crippen LogP contribution in [0, 0.1) is 18.6 Å². The summed E-state index contributed by atoms with van der Waals surface area (Å²) in [5, 5.41) is 3.29. The minimum Gasteiger partial charge on any atom is -0.340 e. The van der Waals surface area contributed by atoms with Crippen molar-refractivity contribution in [3.05, 3.63) is 65.5 Å². The van der Waals surface area contributed by atoms with Crippen LogP contribution in [0.3, 0.4) is 0 Å². The lowest BCUT2D eigenvalue weighted by Crippen LogP contribution is -2.41. The second-order valence-corrected chi connectivity index (χ2v) is 7.01. The Morgan fingerprint density at radius 1 is 1.17 bits per heavy atom. The van der Waals surface area contributed by atoms with E-state index < -0.39 is 11.6 Å². The van der Waals surface area contributed by atoms with Crippen LogP contribution in [0.5, 0.6) is 0 Å². The molecule has 1 aliphatic rings. The van der Waals surface area contributed by atoms with Crippen molar-refractivity contribution in [2.45, 2.75) is 20.0 Å². The van der Waals surface area contributed by atoms with Gasteiger partial charge in [0.15, 0.2) is 0 Å². The van der Waals surface area contributed by atoms with E-state index in [1.54, 1.807) is 4.90 Å². The summed E-state index contributed by atoms with van der Waals surface area (Å²) in [6.45, 7) is 3.10. The first-order valence-electron chi connectivity index (χ1n) is 9.32. The molecule has 0 unspecified atom stereocenters. The van der Waals surface area contributed by atoms with Gasteiger partial charge in [-0.2, -0.15) is 0 Å². The van der Waals surface area contributed by atoms with Crippen LogP contribution < -0.4 is 11.1 Å². The summed E-state index contributed by atoms with van der Waals surface area (Å²) in [5.41, 5.74) is 7.76. The fourth-order valence-electron chi connectivity index (χ4n) is 3.44. The number of hydrogen-bond acceptors (Lipinski definition) is 4. The number of anilines is 2. The largest absolute Gasteiger partial charge is 0.340 e. The third kappa shape index (κ3) is 3.71. The minimum atomic E-state index is -0.566. The van der Waals surface area contributed by atoms with E-state index in [0.29, 0.717) is 30.4 Å². The molecule has 0 spiro atoms. The molecule has 1 aliphatic heterocycles. The van der Waals surface area contributed by atoms with Crippen molar-refractivity contribution in [2.24, 2.45) is 5.73 Å². The second kappa shape index (κ2) is 7.63. The van der Waals surface area contributed by atoms with Crippen LogP contribution in [0.25, 0.3) is 11.3 Å². The van der Waals surface area contributed by atoms with Gasteiger partial charge in [-0.05, 0) is 37.3 Å². The van der Waals surface area contributed by atoms with Gasteiger partial charge in [0.2, 0.25) is 5.91 Å². The van der Waals surface area contributed by atoms with Crippen LogP contribution in [0.1, 0.15) is 11.4 Å². The average molecular weight is 397 g/mol. The zero-order valence-corrected chi connectivity index (χ0v) is 16.0. The summed E-state index contributed by atoms with van der Waals surface area (Å²) in [4.78, 5) is 18.2. The Balaban J connectivity index is 1.81. The number of carbonyl (C=O) groups is 1. The Kier molecular flexibility index (Phi) is 5.02. The molecular formula is C21H21F2N5O. The average Bonchev–Trinajstić information content (AvgIpc) is 3.08. The van der Waals surface area contributed by atoms with Crippen LogP contribution in [0.15, 0.2) is 42.5 Å². The van der Waals surface area contributed by atoms with Gasteiger partial charge in [-0.25, -0.2) is 13.8 Å². The number of halogens is 2. The Bertz CT molecular complexity index is 1060. The molecule has 0 saturated carbocycles. The number of fused-ring (bicyclic) bond motifs is 1. The zero-order valence-electron chi connectivity index (χ0n) is 16.0. The van der Waals surface area contributed by atoms with E-state index >= 15 is 0 Å². The Morgan fingerprint density at radius 2 is 1.93 bits per heavy atom. The highest BCUT2D eigenvalue weighted by atomic mass is 19.1. The first-order chi connectivity index (χ1) is 14.0. The summed E-state index contributed by atoms with van der Waals surface area (Å²) >= 11 is 0. The summed E-state index contributed by atoms with van der Waals surface area (Å²) in [7, 11) is 0. The molecule has 8 heteroatoms. The number of amides is 1. The fraction of sp³-hybridized carbons (Fsp3) is 0.238. The Labute approximate surface area is 167 Å². The first-order valence-corrected chi connectivity index (χ1v) is 9.32. The monoisotopic (exact) mass is 397 g/mol. The molecular weight excluding hydrogens is 376 g/mol. The maximum atomic E-state index is 14.5. The zero-order chi connectivity index (χ0) is 20.5. The van der Waals surface area contributed by atoms with Gasteiger partial charge in [0, 0.05) is 24.3 Å². The molecule has 1 amide bonds. The topological polar surface area (TPSA) is 76.2 Å². The van der Waals surface area contributed by atoms with E-state index in [2.05, 4.69) is 10.3 Å². The molecule has 2 heterocycles. The van der Waals surface area contributed by atoms with Crippen molar-refractivity contribution < 1.29 is 13.6 Å². The van der Waals surface area contributed by atoms with E-state index in [4.69, 9.17) is 5.73 Å². The number of imidazole rings is 1. The molecule has 0 aliphatic carbocycles. The molecule has 2 aromatic carbocycles. The van der Waals surface area contributed by atoms with Gasteiger partial charge >= 0.3 is 0 Å². The number of rotatable bonds is 4. The van der Waals surface area contributed by atoms with E-state index in [9.17, 15) is 13.6 Å². The summed E-state index contributed by atoms with van der Waals surface area (Å²) < 4.78 is 30.3. The summed E-state index contributed by atoms with van der Waals surface area (Å²) in [5.74, 6) is -0.136. The van der Waals surface area contributed by atoms with E-state index in [1.807, 2.05) is 35.8 Å². The van der Waals surface area contributed by atoms with Crippen LogP contribution in [-0.4, -0.2) is 33.4 Å². The second-order valence-electron chi connectivity index (χ2n) is 7.01. The van der Waals surface area contributed by atoms with E-state index in [-0.39, 0.29) is 24.6 Å². The maximum Gasteiger partial charge on any atom is 0.236 e. The number of hydrogen-bond donors (Lipinski definition) is 2. The fourth-order valence-corrected chi connectivity index (χ4v) is 3.44. The Morgan fingerprint density at radius 3 is 2.66 bits per heavy atom. The van der Waals surface area contributed by atoms with Crippen molar-refractivity contribution >= 4 is 17.4 Å². The van der Waals surface area contributed by atoms with E-state index in [1.165, 1.54) is 0 Å². The molecule has 0 radical (unpaired) electrons. The number of aromatic nitrogens is 2. The smallest absolute Gasteiger partial charge is 0.236 e. The summed E-state index contributed by atoms with van der Waals surface area (Å²) in [6, 6.07) is 11.0. The lowest BCUT2D eigenvalue weighted by Gasteiger charge is -2.28. The van der Waals surface area contributed by atoms with Crippen molar-refractivity contribution in [3.8, 4) is 11.3 Å². The van der Waals surface area contributed by atoms with E-state index in [0.717, 1.165) is 29.4 Å². The van der Waals surface area contributed by atoms with Crippen LogP contribution >= 0.6 is 0 Å². The highest BCUT2D eigenvalue weighted by molar-refractivity contribution is 5.79. The van der Waals surface area contributed by atoms with Crippen LogP contribution in [0.2, 0.25) is 0 Å². The highest BCUT2D eigenvalue weighted by Crippen LogP contribution is 2.35. The highest BCUT2D eigenvalue weighted by Gasteiger charge is 2.27. The Hall–Kier alpha value is -3.26. The van der Waals surface area contributed by atoms with Gasteiger partial charge < -0.3 is 20.5 Å². The third-order valence-corrected chi connectivity index (χ3v) is 5.00. The first kappa shape index (κ1) is 19.1. The molecule has 0 saturated heterocycles. The van der Waals surface area contributed by atoms with Gasteiger partial charge in [-0.1, -0.05) is 17.7 Å². The van der Waals surface area contributed by atoms with Gasteiger partial charge in [-0.15, -0.1) is 0 Å². The number of nitrogens with one attached hydrogen (secondary N) is 1. The van der Waals surface area contributed by atoms with Gasteiger partial charge in [-0.3, -0.25) is 4.79 Å². The molecule has 6 nitrogen and oxygen atoms in total. The molecule has 0 fully saturated rings. The normalized spacial score (nSPS) is 13.3. The minimum absolute atomic E-state index is 0.0678. The molecule has 0 atom stereocenters. The number of nitrogens with two attached hydrogens (primary N) is 1. The van der Waals surface area contributed by atoms with Crippen molar-refractivity contribution in [1.82, 2.24) is 14.5 Å². The number of nitrogens with zero attached hydrogens (tertiary/aromatic N) is 3. The molecule has 0 bridgehead atoms. The number of aryl methyl sites for hydroxylation is 1. The SMILES string of the molecule is Cc1ccc(Nc2c(-c3cc(F)ccc3F)nc3n2CCN(C(=O)CN)C3)cc1. The van der Waals surface area contributed by atoms with Gasteiger partial charge in [0.05, 0.1) is 13.1 Å². The lowest BCUT2D eigenvalue weighted by atomic mass is 10.1.